The second-order valence-electron chi connectivity index (χ2n) is 5.55. The van der Waals surface area contributed by atoms with E-state index < -0.39 is 0 Å². The molecule has 2 N–H and O–H groups in total. The Kier molecular flexibility index (Phi) is 4.36. The van der Waals surface area contributed by atoms with Gasteiger partial charge in [-0.1, -0.05) is 19.9 Å². The van der Waals surface area contributed by atoms with Gasteiger partial charge in [-0.2, -0.15) is 5.26 Å². The first-order valence-corrected chi connectivity index (χ1v) is 6.15. The summed E-state index contributed by atoms with van der Waals surface area (Å²) < 4.78 is 0. The minimum absolute atomic E-state index is 0.0451. The Hall–Kier alpha value is -1.27. The lowest BCUT2D eigenvalue weighted by molar-refractivity contribution is 0.208. The van der Waals surface area contributed by atoms with Gasteiger partial charge < -0.3 is 10.6 Å². The van der Waals surface area contributed by atoms with Crippen molar-refractivity contribution in [2.24, 2.45) is 11.1 Å². The molecule has 17 heavy (non-hydrogen) atoms. The number of nitrogens with two attached hydrogens (primary N) is 1. The van der Waals surface area contributed by atoms with E-state index in [2.05, 4.69) is 37.9 Å². The number of hydrogen-bond donors (Lipinski definition) is 1. The van der Waals surface area contributed by atoms with Crippen LogP contribution < -0.4 is 5.73 Å². The van der Waals surface area contributed by atoms with Gasteiger partial charge in [0.05, 0.1) is 5.57 Å². The highest BCUT2D eigenvalue weighted by Gasteiger charge is 2.26. The van der Waals surface area contributed by atoms with E-state index in [-0.39, 0.29) is 11.5 Å². The maximum absolute atomic E-state index is 9.11. The van der Waals surface area contributed by atoms with E-state index in [1.54, 1.807) is 0 Å². The van der Waals surface area contributed by atoms with Crippen molar-refractivity contribution in [3.8, 4) is 6.07 Å². The van der Waals surface area contributed by atoms with Gasteiger partial charge in [-0.05, 0) is 31.3 Å². The molecule has 0 aromatic rings. The fourth-order valence-corrected chi connectivity index (χ4v) is 2.00. The van der Waals surface area contributed by atoms with Crippen LogP contribution in [0.1, 0.15) is 33.6 Å². The van der Waals surface area contributed by atoms with Crippen LogP contribution >= 0.6 is 0 Å². The quantitative estimate of drug-likeness (QED) is 0.811. The fraction of sp³-hybridized carbons (Fsp3) is 0.643. The molecule has 1 aliphatic carbocycles. The molecule has 0 radical (unpaired) electrons. The van der Waals surface area contributed by atoms with Crippen molar-refractivity contribution >= 4 is 0 Å². The standard InChI is InChI=1S/C14H23N3/c1-11(16)14(2,3)10-17(4)13-8-6-5-7-12(13)9-15/h5,7,11H,6,8,10,16H2,1-4H3. The van der Waals surface area contributed by atoms with Crippen LogP contribution in [-0.4, -0.2) is 24.5 Å². The van der Waals surface area contributed by atoms with Gasteiger partial charge >= 0.3 is 0 Å². The van der Waals surface area contributed by atoms with Crippen LogP contribution in [0.4, 0.5) is 0 Å². The Balaban J connectivity index is 2.84. The van der Waals surface area contributed by atoms with E-state index in [4.69, 9.17) is 11.0 Å². The molecule has 1 atom stereocenters. The molecule has 0 saturated carbocycles. The van der Waals surface area contributed by atoms with Crippen LogP contribution in [0.25, 0.3) is 0 Å². The molecule has 0 aromatic heterocycles. The normalized spacial score (nSPS) is 17.9. The van der Waals surface area contributed by atoms with Gasteiger partial charge in [0.1, 0.15) is 6.07 Å². The zero-order valence-electron chi connectivity index (χ0n) is 11.3. The van der Waals surface area contributed by atoms with E-state index in [9.17, 15) is 0 Å². The summed E-state index contributed by atoms with van der Waals surface area (Å²) in [6.07, 6.45) is 5.95. The molecule has 0 aliphatic heterocycles. The lowest BCUT2D eigenvalue weighted by atomic mass is 9.85. The average molecular weight is 233 g/mol. The lowest BCUT2D eigenvalue weighted by Gasteiger charge is -2.36. The summed E-state index contributed by atoms with van der Waals surface area (Å²) in [5.74, 6) is 0. The summed E-state index contributed by atoms with van der Waals surface area (Å²) in [6.45, 7) is 7.24. The van der Waals surface area contributed by atoms with Crippen LogP contribution in [0.2, 0.25) is 0 Å². The minimum Gasteiger partial charge on any atom is -0.376 e. The molecule has 0 fully saturated rings. The molecular weight excluding hydrogens is 210 g/mol. The summed E-state index contributed by atoms with van der Waals surface area (Å²) in [5, 5.41) is 9.11. The first-order valence-electron chi connectivity index (χ1n) is 6.15. The molecule has 1 rings (SSSR count). The molecule has 94 valence electrons. The van der Waals surface area contributed by atoms with Crippen LogP contribution in [0.15, 0.2) is 23.4 Å². The lowest BCUT2D eigenvalue weighted by Crippen LogP contribution is -2.43. The van der Waals surface area contributed by atoms with Crippen molar-refractivity contribution < 1.29 is 0 Å². The van der Waals surface area contributed by atoms with E-state index in [0.29, 0.717) is 0 Å². The third-order valence-corrected chi connectivity index (χ3v) is 3.60. The van der Waals surface area contributed by atoms with Gasteiger partial charge in [0.15, 0.2) is 0 Å². The minimum atomic E-state index is 0.0451. The van der Waals surface area contributed by atoms with Gasteiger partial charge in [-0.3, -0.25) is 0 Å². The highest BCUT2D eigenvalue weighted by Crippen LogP contribution is 2.26. The Morgan fingerprint density at radius 3 is 2.76 bits per heavy atom. The van der Waals surface area contributed by atoms with E-state index >= 15 is 0 Å². The van der Waals surface area contributed by atoms with Gasteiger partial charge in [0, 0.05) is 25.3 Å². The first-order chi connectivity index (χ1) is 7.88. The summed E-state index contributed by atoms with van der Waals surface area (Å²) in [4.78, 5) is 2.19. The van der Waals surface area contributed by atoms with Crippen molar-refractivity contribution in [2.75, 3.05) is 13.6 Å². The molecule has 0 saturated heterocycles. The van der Waals surface area contributed by atoms with E-state index in [1.807, 2.05) is 13.0 Å². The topological polar surface area (TPSA) is 53.0 Å². The Labute approximate surface area is 105 Å². The van der Waals surface area contributed by atoms with Crippen LogP contribution in [0, 0.1) is 16.7 Å². The predicted octanol–water partition coefficient (Wildman–Crippen LogP) is 2.42. The highest BCUT2D eigenvalue weighted by atomic mass is 15.1. The number of allylic oxidation sites excluding steroid dienone is 4. The van der Waals surface area contributed by atoms with Crippen LogP contribution in [-0.2, 0) is 0 Å². The number of hydrogen-bond acceptors (Lipinski definition) is 3. The van der Waals surface area contributed by atoms with Crippen molar-refractivity contribution in [1.29, 1.82) is 5.26 Å². The maximum atomic E-state index is 9.11. The summed E-state index contributed by atoms with van der Waals surface area (Å²) in [6, 6.07) is 2.40. The predicted molar refractivity (Wildman–Crippen MR) is 71.1 cm³/mol. The molecule has 1 unspecified atom stereocenters. The first kappa shape index (κ1) is 13.8. The van der Waals surface area contributed by atoms with Crippen molar-refractivity contribution in [3.05, 3.63) is 23.4 Å². The zero-order valence-corrected chi connectivity index (χ0v) is 11.3. The van der Waals surface area contributed by atoms with Gasteiger partial charge in [0.25, 0.3) is 0 Å². The van der Waals surface area contributed by atoms with Crippen molar-refractivity contribution in [3.63, 3.8) is 0 Å². The second kappa shape index (κ2) is 5.37. The molecule has 0 aromatic carbocycles. The second-order valence-corrected chi connectivity index (χ2v) is 5.55. The third kappa shape index (κ3) is 3.34. The van der Waals surface area contributed by atoms with Gasteiger partial charge in [-0.25, -0.2) is 0 Å². The molecule has 0 heterocycles. The number of nitrogens with zero attached hydrogens (tertiary/aromatic N) is 2. The third-order valence-electron chi connectivity index (χ3n) is 3.60. The van der Waals surface area contributed by atoms with Gasteiger partial charge in [0.2, 0.25) is 0 Å². The summed E-state index contributed by atoms with van der Waals surface area (Å²) >= 11 is 0. The Morgan fingerprint density at radius 2 is 2.24 bits per heavy atom. The Bertz CT molecular complexity index is 369. The van der Waals surface area contributed by atoms with E-state index in [0.717, 1.165) is 30.7 Å². The SMILES string of the molecule is CC(N)C(C)(C)CN(C)C1=C(C#N)C=CCC1. The summed E-state index contributed by atoms with van der Waals surface area (Å²) in [7, 11) is 2.05. The smallest absolute Gasteiger partial charge is 0.101 e. The largest absolute Gasteiger partial charge is 0.376 e. The van der Waals surface area contributed by atoms with Crippen LogP contribution in [0.5, 0.6) is 0 Å². The molecule has 0 amide bonds. The fourth-order valence-electron chi connectivity index (χ4n) is 2.00. The zero-order chi connectivity index (χ0) is 13.1. The monoisotopic (exact) mass is 233 g/mol. The molecule has 3 heteroatoms. The number of rotatable bonds is 4. The van der Waals surface area contributed by atoms with E-state index in [1.165, 1.54) is 0 Å². The molecule has 1 aliphatic rings. The maximum Gasteiger partial charge on any atom is 0.101 e. The number of nitriles is 1. The summed E-state index contributed by atoms with van der Waals surface area (Å²) in [5.41, 5.74) is 7.97. The molecule has 0 bridgehead atoms. The average Bonchev–Trinajstić information content (AvgIpc) is 2.28. The Morgan fingerprint density at radius 1 is 1.59 bits per heavy atom. The van der Waals surface area contributed by atoms with Gasteiger partial charge in [-0.15, -0.1) is 0 Å². The van der Waals surface area contributed by atoms with Crippen LogP contribution in [0.3, 0.4) is 0 Å². The molecule has 3 nitrogen and oxygen atoms in total. The molecular formula is C14H23N3. The van der Waals surface area contributed by atoms with Crippen molar-refractivity contribution in [2.45, 2.75) is 39.7 Å². The molecule has 0 spiro atoms. The van der Waals surface area contributed by atoms with Crippen molar-refractivity contribution in [1.82, 2.24) is 4.90 Å². The highest BCUT2D eigenvalue weighted by molar-refractivity contribution is 5.39.